The van der Waals surface area contributed by atoms with Crippen molar-refractivity contribution in [3.8, 4) is 0 Å². The van der Waals surface area contributed by atoms with E-state index in [2.05, 4.69) is 5.32 Å². The predicted octanol–water partition coefficient (Wildman–Crippen LogP) is 0.548. The van der Waals surface area contributed by atoms with E-state index in [1.807, 2.05) is 13.8 Å². The first-order valence-electron chi connectivity index (χ1n) is 5.16. The van der Waals surface area contributed by atoms with Gasteiger partial charge in [0.25, 0.3) is 0 Å². The van der Waals surface area contributed by atoms with E-state index in [1.54, 1.807) is 0 Å². The van der Waals surface area contributed by atoms with E-state index in [9.17, 15) is 4.79 Å². The molecule has 0 saturated carbocycles. The van der Waals surface area contributed by atoms with Crippen LogP contribution in [0.5, 0.6) is 0 Å². The molecule has 0 saturated heterocycles. The maximum absolute atomic E-state index is 11.2. The molecular weight excluding hydrogens is 182 g/mol. The highest BCUT2D eigenvalue weighted by Crippen LogP contribution is 1.93. The number of amides is 1. The average molecular weight is 203 g/mol. The van der Waals surface area contributed by atoms with Crippen molar-refractivity contribution >= 4 is 5.91 Å². The summed E-state index contributed by atoms with van der Waals surface area (Å²) in [4.78, 5) is 11.2. The van der Waals surface area contributed by atoms with Crippen LogP contribution in [-0.2, 0) is 9.53 Å². The molecular formula is C10H21NO3. The first-order chi connectivity index (χ1) is 6.70. The molecule has 84 valence electrons. The Balaban J connectivity index is 3.28. The molecule has 1 amide bonds. The molecule has 0 aliphatic heterocycles. The first-order valence-corrected chi connectivity index (χ1v) is 5.16. The average Bonchev–Trinajstić information content (AvgIpc) is 2.21. The van der Waals surface area contributed by atoms with Gasteiger partial charge in [-0.3, -0.25) is 4.79 Å². The van der Waals surface area contributed by atoms with Crippen molar-refractivity contribution in [1.29, 1.82) is 0 Å². The SMILES string of the molecule is CCOCCCC(=O)NCC(C)CO. The van der Waals surface area contributed by atoms with Crippen LogP contribution in [-0.4, -0.2) is 37.4 Å². The zero-order valence-electron chi connectivity index (χ0n) is 9.08. The molecule has 0 bridgehead atoms. The summed E-state index contributed by atoms with van der Waals surface area (Å²) in [6.07, 6.45) is 1.26. The normalized spacial score (nSPS) is 12.5. The zero-order chi connectivity index (χ0) is 10.8. The minimum absolute atomic E-state index is 0.0324. The molecule has 0 aliphatic rings. The fraction of sp³-hybridized carbons (Fsp3) is 0.900. The molecule has 4 heteroatoms. The summed E-state index contributed by atoms with van der Waals surface area (Å²) in [5.41, 5.74) is 0. The lowest BCUT2D eigenvalue weighted by molar-refractivity contribution is -0.121. The standard InChI is InChI=1S/C10H21NO3/c1-3-14-6-4-5-10(13)11-7-9(2)8-12/h9,12H,3-8H2,1-2H3,(H,11,13). The van der Waals surface area contributed by atoms with Crippen LogP contribution in [0.3, 0.4) is 0 Å². The van der Waals surface area contributed by atoms with Crippen LogP contribution in [0.4, 0.5) is 0 Å². The third kappa shape index (κ3) is 8.01. The smallest absolute Gasteiger partial charge is 0.220 e. The van der Waals surface area contributed by atoms with E-state index in [4.69, 9.17) is 9.84 Å². The van der Waals surface area contributed by atoms with Crippen molar-refractivity contribution < 1.29 is 14.6 Å². The van der Waals surface area contributed by atoms with Gasteiger partial charge in [0.05, 0.1) is 0 Å². The molecule has 0 rings (SSSR count). The minimum Gasteiger partial charge on any atom is -0.396 e. The summed E-state index contributed by atoms with van der Waals surface area (Å²) >= 11 is 0. The monoisotopic (exact) mass is 203 g/mol. The zero-order valence-corrected chi connectivity index (χ0v) is 9.08. The Hall–Kier alpha value is -0.610. The Morgan fingerprint density at radius 3 is 2.86 bits per heavy atom. The van der Waals surface area contributed by atoms with Crippen LogP contribution in [0, 0.1) is 5.92 Å². The topological polar surface area (TPSA) is 58.6 Å². The lowest BCUT2D eigenvalue weighted by Gasteiger charge is -2.09. The van der Waals surface area contributed by atoms with Crippen LogP contribution in [0.2, 0.25) is 0 Å². The molecule has 1 atom stereocenters. The second-order valence-electron chi connectivity index (χ2n) is 3.39. The van der Waals surface area contributed by atoms with Crippen LogP contribution < -0.4 is 5.32 Å². The third-order valence-electron chi connectivity index (χ3n) is 1.86. The van der Waals surface area contributed by atoms with Crippen molar-refractivity contribution in [2.24, 2.45) is 5.92 Å². The number of carbonyl (C=O) groups excluding carboxylic acids is 1. The summed E-state index contributed by atoms with van der Waals surface area (Å²) in [5.74, 6) is 0.163. The van der Waals surface area contributed by atoms with Gasteiger partial charge in [0, 0.05) is 32.8 Å². The summed E-state index contributed by atoms with van der Waals surface area (Å²) in [6.45, 7) is 5.81. The number of hydrogen-bond donors (Lipinski definition) is 2. The first kappa shape index (κ1) is 13.4. The quantitative estimate of drug-likeness (QED) is 0.566. The van der Waals surface area contributed by atoms with Gasteiger partial charge in [-0.25, -0.2) is 0 Å². The fourth-order valence-corrected chi connectivity index (χ4v) is 0.920. The summed E-state index contributed by atoms with van der Waals surface area (Å²) in [5, 5.41) is 11.5. The van der Waals surface area contributed by atoms with Gasteiger partial charge >= 0.3 is 0 Å². The summed E-state index contributed by atoms with van der Waals surface area (Å²) < 4.78 is 5.11. The highest BCUT2D eigenvalue weighted by Gasteiger charge is 2.03. The van der Waals surface area contributed by atoms with Crippen molar-refractivity contribution in [1.82, 2.24) is 5.32 Å². The molecule has 4 nitrogen and oxygen atoms in total. The van der Waals surface area contributed by atoms with Crippen molar-refractivity contribution in [3.63, 3.8) is 0 Å². The number of aliphatic hydroxyl groups is 1. The van der Waals surface area contributed by atoms with Gasteiger partial charge in [0.2, 0.25) is 5.91 Å². The van der Waals surface area contributed by atoms with Crippen LogP contribution in [0.1, 0.15) is 26.7 Å². The van der Waals surface area contributed by atoms with Gasteiger partial charge < -0.3 is 15.2 Å². The maximum atomic E-state index is 11.2. The number of rotatable bonds is 8. The van der Waals surface area contributed by atoms with Crippen LogP contribution >= 0.6 is 0 Å². The molecule has 2 N–H and O–H groups in total. The Morgan fingerprint density at radius 1 is 1.57 bits per heavy atom. The van der Waals surface area contributed by atoms with Gasteiger partial charge in [-0.05, 0) is 19.3 Å². The Bertz CT molecular complexity index is 150. The molecule has 14 heavy (non-hydrogen) atoms. The largest absolute Gasteiger partial charge is 0.396 e. The second-order valence-corrected chi connectivity index (χ2v) is 3.39. The number of hydrogen-bond acceptors (Lipinski definition) is 3. The van der Waals surface area contributed by atoms with Crippen LogP contribution in [0.25, 0.3) is 0 Å². The Morgan fingerprint density at radius 2 is 2.29 bits per heavy atom. The number of carbonyl (C=O) groups is 1. The van der Waals surface area contributed by atoms with E-state index in [1.165, 1.54) is 0 Å². The van der Waals surface area contributed by atoms with Gasteiger partial charge in [-0.1, -0.05) is 6.92 Å². The second kappa shape index (κ2) is 8.97. The number of nitrogens with one attached hydrogen (secondary N) is 1. The van der Waals surface area contributed by atoms with Crippen LogP contribution in [0.15, 0.2) is 0 Å². The Kier molecular flexibility index (Phi) is 8.57. The van der Waals surface area contributed by atoms with E-state index in [0.29, 0.717) is 26.2 Å². The maximum Gasteiger partial charge on any atom is 0.220 e. The Labute approximate surface area is 85.6 Å². The predicted molar refractivity (Wildman–Crippen MR) is 55.0 cm³/mol. The molecule has 0 radical (unpaired) electrons. The molecule has 1 unspecified atom stereocenters. The lowest BCUT2D eigenvalue weighted by Crippen LogP contribution is -2.29. The van der Waals surface area contributed by atoms with Crippen molar-refractivity contribution in [2.45, 2.75) is 26.7 Å². The molecule has 0 aromatic carbocycles. The van der Waals surface area contributed by atoms with Gasteiger partial charge in [0.1, 0.15) is 0 Å². The van der Waals surface area contributed by atoms with E-state index < -0.39 is 0 Å². The molecule has 0 fully saturated rings. The number of ether oxygens (including phenoxy) is 1. The van der Waals surface area contributed by atoms with Crippen molar-refractivity contribution in [3.05, 3.63) is 0 Å². The molecule has 0 heterocycles. The van der Waals surface area contributed by atoms with Gasteiger partial charge in [-0.2, -0.15) is 0 Å². The summed E-state index contributed by atoms with van der Waals surface area (Å²) in [7, 11) is 0. The highest BCUT2D eigenvalue weighted by molar-refractivity contribution is 5.75. The fourth-order valence-electron chi connectivity index (χ4n) is 0.920. The van der Waals surface area contributed by atoms with E-state index in [-0.39, 0.29) is 18.4 Å². The molecule has 0 aromatic heterocycles. The van der Waals surface area contributed by atoms with Gasteiger partial charge in [-0.15, -0.1) is 0 Å². The van der Waals surface area contributed by atoms with E-state index in [0.717, 1.165) is 6.42 Å². The molecule has 0 aromatic rings. The summed E-state index contributed by atoms with van der Waals surface area (Å²) in [6, 6.07) is 0. The third-order valence-corrected chi connectivity index (χ3v) is 1.86. The highest BCUT2D eigenvalue weighted by atomic mass is 16.5. The lowest BCUT2D eigenvalue weighted by atomic mass is 10.2. The number of aliphatic hydroxyl groups excluding tert-OH is 1. The van der Waals surface area contributed by atoms with E-state index >= 15 is 0 Å². The van der Waals surface area contributed by atoms with Gasteiger partial charge in [0.15, 0.2) is 0 Å². The minimum atomic E-state index is 0.0324. The molecule has 0 spiro atoms. The molecule has 0 aliphatic carbocycles. The van der Waals surface area contributed by atoms with Crippen molar-refractivity contribution in [2.75, 3.05) is 26.4 Å².